The summed E-state index contributed by atoms with van der Waals surface area (Å²) in [4.78, 5) is 52.8. The predicted octanol–water partition coefficient (Wildman–Crippen LogP) is 7.50. The van der Waals surface area contributed by atoms with Crippen LogP contribution >= 0.6 is 20.3 Å². The van der Waals surface area contributed by atoms with E-state index in [1.807, 2.05) is 111 Å². The second-order valence-corrected chi connectivity index (χ2v) is 18.3. The first kappa shape index (κ1) is 50.1. The highest BCUT2D eigenvalue weighted by Gasteiger charge is 2.51. The van der Waals surface area contributed by atoms with Gasteiger partial charge in [0.25, 0.3) is 14.1 Å². The predicted molar refractivity (Wildman–Crippen MR) is 244 cm³/mol. The molecule has 1 fully saturated rings. The Bertz CT molecular complexity index is 2210. The number of ether oxygens (including phenoxy) is 5. The van der Waals surface area contributed by atoms with Gasteiger partial charge in [-0.15, -0.1) is 0 Å². The smallest absolute Gasteiger partial charge is 0.408 e. The van der Waals surface area contributed by atoms with Gasteiger partial charge >= 0.3 is 11.8 Å². The van der Waals surface area contributed by atoms with Gasteiger partial charge in [-0.1, -0.05) is 79.0 Å². The molecule has 1 saturated heterocycles. The molecule has 1 amide bonds. The molecule has 1 aromatic heterocycles. The summed E-state index contributed by atoms with van der Waals surface area (Å²) in [5.74, 6) is 1.43. The van der Waals surface area contributed by atoms with E-state index >= 15 is 4.39 Å². The van der Waals surface area contributed by atoms with Crippen LogP contribution in [-0.2, 0) is 33.7 Å². The summed E-state index contributed by atoms with van der Waals surface area (Å²) in [6.45, 7) is 14.2. The topological polar surface area (TPSA) is 169 Å². The van der Waals surface area contributed by atoms with E-state index in [4.69, 9.17) is 32.7 Å². The van der Waals surface area contributed by atoms with Crippen molar-refractivity contribution >= 4 is 31.5 Å². The van der Waals surface area contributed by atoms with Crippen molar-refractivity contribution in [1.29, 1.82) is 0 Å². The maximum Gasteiger partial charge on any atom is 0.408 e. The Morgan fingerprint density at radius 1 is 0.938 bits per heavy atom. The maximum atomic E-state index is 17.3. The van der Waals surface area contributed by atoms with Crippen molar-refractivity contribution in [3.05, 3.63) is 141 Å². The van der Waals surface area contributed by atoms with E-state index in [-0.39, 0.29) is 42.8 Å². The average Bonchev–Trinajstić information content (AvgIpc) is 3.57. The zero-order valence-electron chi connectivity index (χ0n) is 37.4. The minimum Gasteiger partial charge on any atom is -0.497 e. The van der Waals surface area contributed by atoms with Gasteiger partial charge in [0.05, 0.1) is 27.4 Å². The van der Waals surface area contributed by atoms with E-state index in [0.29, 0.717) is 11.5 Å². The second kappa shape index (κ2) is 22.8. The fraction of sp³-hybridized carbons (Fsp3) is 0.435. The molecule has 2 heterocycles. The molecule has 0 saturated carbocycles. The molecule has 5 rings (SSSR count). The van der Waals surface area contributed by atoms with Crippen LogP contribution in [0, 0.1) is 0 Å². The lowest BCUT2D eigenvalue weighted by molar-refractivity contribution is -0.115. The standard InChI is InChI=1S/C46H58FN4O11PS/c1-10-26-58-44(55)49-45(6,7)42(53)64-28-27-60-63(51(30(2)3)31(4)5)62-40-37(61-41(39(40)47)50-25-24-38(52)48-43(50)54)29-59-46(32-14-12-11-13-15-32,33-16-20-35(56-8)21-17-33)34-18-22-36(57-9)23-19-34/h10-25,30-31,37,39-41H,1,26-29H2,2-9H3,(H,49,55)(H,48,52,54). The molecule has 4 aromatic rings. The van der Waals surface area contributed by atoms with Gasteiger partial charge in [-0.05, 0) is 82.5 Å². The van der Waals surface area contributed by atoms with E-state index < -0.39 is 61.6 Å². The molecule has 1 aliphatic rings. The van der Waals surface area contributed by atoms with E-state index in [2.05, 4.69) is 16.9 Å². The van der Waals surface area contributed by atoms with E-state index in [1.165, 1.54) is 12.3 Å². The molecule has 0 aliphatic carbocycles. The third-order valence-electron chi connectivity index (χ3n) is 10.3. The van der Waals surface area contributed by atoms with Crippen molar-refractivity contribution in [3.8, 4) is 11.5 Å². The molecule has 2 N–H and O–H groups in total. The number of rotatable bonds is 22. The fourth-order valence-corrected chi connectivity index (χ4v) is 9.88. The number of nitrogens with one attached hydrogen (secondary N) is 2. The number of alkyl halides is 1. The Morgan fingerprint density at radius 3 is 2.05 bits per heavy atom. The summed E-state index contributed by atoms with van der Waals surface area (Å²) in [6, 6.07) is 25.3. The number of nitrogens with zero attached hydrogens (tertiary/aromatic N) is 2. The molecule has 18 heteroatoms. The molecule has 3 aromatic carbocycles. The molecule has 1 aliphatic heterocycles. The number of benzene rings is 3. The first-order chi connectivity index (χ1) is 30.6. The van der Waals surface area contributed by atoms with Crippen LogP contribution in [0.1, 0.15) is 64.5 Å². The van der Waals surface area contributed by atoms with Crippen LogP contribution in [0.3, 0.4) is 0 Å². The number of thioether (sulfide) groups is 1. The van der Waals surface area contributed by atoms with Crippen LogP contribution in [0.2, 0.25) is 0 Å². The highest BCUT2D eigenvalue weighted by Crippen LogP contribution is 2.51. The third-order valence-corrected chi connectivity index (χ3v) is 13.5. The summed E-state index contributed by atoms with van der Waals surface area (Å²) >= 11 is 0.953. The van der Waals surface area contributed by atoms with Crippen molar-refractivity contribution in [2.45, 2.75) is 89.4 Å². The molecule has 346 valence electrons. The monoisotopic (exact) mass is 924 g/mol. The van der Waals surface area contributed by atoms with Gasteiger partial charge in [0.2, 0.25) is 5.12 Å². The first-order valence-electron chi connectivity index (χ1n) is 20.8. The minimum atomic E-state index is -2.07. The fourth-order valence-electron chi connectivity index (χ4n) is 7.22. The summed E-state index contributed by atoms with van der Waals surface area (Å²) in [6.07, 6.45) is -4.19. The minimum absolute atomic E-state index is 0.00953. The Balaban J connectivity index is 1.52. The molecule has 5 atom stereocenters. The van der Waals surface area contributed by atoms with Crippen LogP contribution in [0.25, 0.3) is 0 Å². The Kier molecular flexibility index (Phi) is 17.9. The van der Waals surface area contributed by atoms with Crippen LogP contribution in [0.15, 0.2) is 113 Å². The zero-order valence-corrected chi connectivity index (χ0v) is 39.1. The number of aromatic nitrogens is 2. The number of H-pyrrole nitrogens is 1. The molecule has 0 radical (unpaired) electrons. The number of hydrogen-bond acceptors (Lipinski definition) is 13. The number of carbonyl (C=O) groups is 2. The Labute approximate surface area is 378 Å². The van der Waals surface area contributed by atoms with Gasteiger partial charge in [-0.3, -0.25) is 19.1 Å². The normalized spacial score (nSPS) is 18.2. The molecule has 64 heavy (non-hydrogen) atoms. The Morgan fingerprint density at radius 2 is 1.52 bits per heavy atom. The average molecular weight is 925 g/mol. The van der Waals surface area contributed by atoms with Crippen molar-refractivity contribution in [1.82, 2.24) is 19.5 Å². The van der Waals surface area contributed by atoms with Gasteiger partial charge in [0.1, 0.15) is 41.5 Å². The molecular formula is C46H58FN4O11PS. The summed E-state index contributed by atoms with van der Waals surface area (Å²) in [5.41, 5.74) is -1.90. The highest BCUT2D eigenvalue weighted by molar-refractivity contribution is 8.13. The lowest BCUT2D eigenvalue weighted by atomic mass is 9.80. The highest BCUT2D eigenvalue weighted by atomic mass is 32.2. The number of hydrogen-bond donors (Lipinski definition) is 2. The molecule has 15 nitrogen and oxygen atoms in total. The van der Waals surface area contributed by atoms with E-state index in [0.717, 1.165) is 39.1 Å². The largest absolute Gasteiger partial charge is 0.497 e. The molecular weight excluding hydrogens is 867 g/mol. The van der Waals surface area contributed by atoms with Crippen molar-refractivity contribution in [2.24, 2.45) is 0 Å². The number of methoxy groups -OCH3 is 2. The van der Waals surface area contributed by atoms with Crippen LogP contribution in [0.4, 0.5) is 9.18 Å². The lowest BCUT2D eigenvalue weighted by Crippen LogP contribution is -2.49. The van der Waals surface area contributed by atoms with Gasteiger partial charge in [0, 0.05) is 30.1 Å². The summed E-state index contributed by atoms with van der Waals surface area (Å²) in [7, 11) is 1.09. The summed E-state index contributed by atoms with van der Waals surface area (Å²) in [5, 5.41) is 2.23. The van der Waals surface area contributed by atoms with Crippen LogP contribution < -0.4 is 26.0 Å². The van der Waals surface area contributed by atoms with Gasteiger partial charge in [-0.2, -0.15) is 0 Å². The van der Waals surface area contributed by atoms with Crippen LogP contribution in [0.5, 0.6) is 11.5 Å². The van der Waals surface area contributed by atoms with Crippen LogP contribution in [-0.4, -0.2) is 101 Å². The quantitative estimate of drug-likeness (QED) is 0.0345. The van der Waals surface area contributed by atoms with E-state index in [1.54, 1.807) is 28.1 Å². The van der Waals surface area contributed by atoms with Crippen molar-refractivity contribution in [3.63, 3.8) is 0 Å². The SMILES string of the molecule is C=CCOC(=O)NC(C)(C)C(=O)SCCOP(OC1C(COC(c2ccccc2)(c2ccc(OC)cc2)c2ccc(OC)cc2)OC(n2ccc(=O)[nH]c2=O)C1F)N(C(C)C)C(C)C. The van der Waals surface area contributed by atoms with E-state index in [9.17, 15) is 19.2 Å². The Hall–Kier alpha value is -4.87. The third kappa shape index (κ3) is 12.1. The van der Waals surface area contributed by atoms with Gasteiger partial charge in [-0.25, -0.2) is 18.6 Å². The molecule has 5 unspecified atom stereocenters. The van der Waals surface area contributed by atoms with Crippen molar-refractivity contribution in [2.75, 3.05) is 39.8 Å². The lowest BCUT2D eigenvalue weighted by Gasteiger charge is -2.39. The first-order valence-corrected chi connectivity index (χ1v) is 22.9. The molecule has 0 spiro atoms. The van der Waals surface area contributed by atoms with Crippen molar-refractivity contribution < 1.29 is 46.7 Å². The number of aromatic amines is 1. The zero-order chi connectivity index (χ0) is 46.6. The number of carbonyl (C=O) groups excluding carboxylic acids is 2. The number of amides is 1. The second-order valence-electron chi connectivity index (χ2n) is 15.8. The number of halogens is 1. The maximum absolute atomic E-state index is 17.3. The number of alkyl carbamates (subject to hydrolysis) is 1. The summed E-state index contributed by atoms with van der Waals surface area (Å²) < 4.78 is 63.0. The van der Waals surface area contributed by atoms with Gasteiger partial charge in [0.15, 0.2) is 12.4 Å². The van der Waals surface area contributed by atoms with Gasteiger partial charge < -0.3 is 38.0 Å². The molecule has 0 bridgehead atoms.